The summed E-state index contributed by atoms with van der Waals surface area (Å²) < 4.78 is 14.2. The maximum Gasteiger partial charge on any atom is 0.128 e. The van der Waals surface area contributed by atoms with Crippen LogP contribution in [0.5, 0.6) is 0 Å². The molecule has 0 amide bonds. The first-order valence-electron chi connectivity index (χ1n) is 7.49. The molecule has 20 heavy (non-hydrogen) atoms. The predicted octanol–water partition coefficient (Wildman–Crippen LogP) is 3.86. The van der Waals surface area contributed by atoms with E-state index in [0.717, 1.165) is 31.6 Å². The smallest absolute Gasteiger partial charge is 0.128 e. The van der Waals surface area contributed by atoms with Gasteiger partial charge in [0.25, 0.3) is 0 Å². The van der Waals surface area contributed by atoms with Gasteiger partial charge in [0.05, 0.1) is 0 Å². The molecule has 0 saturated carbocycles. The summed E-state index contributed by atoms with van der Waals surface area (Å²) in [7, 11) is 2.09. The second kappa shape index (κ2) is 7.39. The van der Waals surface area contributed by atoms with Gasteiger partial charge in [0, 0.05) is 16.6 Å². The second-order valence-corrected chi connectivity index (χ2v) is 6.09. The molecule has 1 aliphatic rings. The Balaban J connectivity index is 2.31. The summed E-state index contributed by atoms with van der Waals surface area (Å²) in [4.78, 5) is 2.28. The number of rotatable bonds is 4. The van der Waals surface area contributed by atoms with Crippen molar-refractivity contribution in [1.82, 2.24) is 10.2 Å². The highest BCUT2D eigenvalue weighted by Gasteiger charge is 2.30. The van der Waals surface area contributed by atoms with Gasteiger partial charge in [-0.05, 0) is 63.6 Å². The highest BCUT2D eigenvalue weighted by Crippen LogP contribution is 2.36. The molecule has 1 aliphatic heterocycles. The first kappa shape index (κ1) is 15.7. The van der Waals surface area contributed by atoms with E-state index >= 15 is 0 Å². The highest BCUT2D eigenvalue weighted by atomic mass is 35.5. The quantitative estimate of drug-likeness (QED) is 0.908. The first-order valence-corrected chi connectivity index (χ1v) is 7.87. The molecule has 112 valence electrons. The Hall–Kier alpha value is -0.640. The van der Waals surface area contributed by atoms with Crippen molar-refractivity contribution in [2.75, 3.05) is 26.7 Å². The van der Waals surface area contributed by atoms with E-state index in [-0.39, 0.29) is 11.9 Å². The van der Waals surface area contributed by atoms with Crippen LogP contribution in [0.25, 0.3) is 0 Å². The minimum atomic E-state index is -0.144. The summed E-state index contributed by atoms with van der Waals surface area (Å²) in [6.45, 7) is 5.00. The van der Waals surface area contributed by atoms with Crippen molar-refractivity contribution in [1.29, 1.82) is 0 Å². The number of nitrogens with zero attached hydrogens (tertiary/aromatic N) is 1. The monoisotopic (exact) mass is 298 g/mol. The summed E-state index contributed by atoms with van der Waals surface area (Å²) in [5.41, 5.74) is 0.741. The third kappa shape index (κ3) is 3.72. The Labute approximate surface area is 126 Å². The SMILES string of the molecule is CCNCC1CCCCN(C)C1c1cc(Cl)ccc1F. The average Bonchev–Trinajstić information content (AvgIpc) is 2.61. The van der Waals surface area contributed by atoms with E-state index in [1.807, 2.05) is 0 Å². The number of likely N-dealkylation sites (tertiary alicyclic amines) is 1. The molecule has 1 heterocycles. The fourth-order valence-electron chi connectivity index (χ4n) is 3.20. The van der Waals surface area contributed by atoms with Gasteiger partial charge in [0.1, 0.15) is 5.82 Å². The maximum atomic E-state index is 14.2. The fourth-order valence-corrected chi connectivity index (χ4v) is 3.38. The van der Waals surface area contributed by atoms with Crippen LogP contribution in [-0.2, 0) is 0 Å². The van der Waals surface area contributed by atoms with Gasteiger partial charge in [-0.3, -0.25) is 4.90 Å². The molecule has 4 heteroatoms. The predicted molar refractivity (Wildman–Crippen MR) is 82.7 cm³/mol. The Morgan fingerprint density at radius 2 is 2.20 bits per heavy atom. The summed E-state index contributed by atoms with van der Waals surface area (Å²) in [5, 5.41) is 4.03. The van der Waals surface area contributed by atoms with Gasteiger partial charge in [-0.15, -0.1) is 0 Å². The van der Waals surface area contributed by atoms with Crippen LogP contribution < -0.4 is 5.32 Å². The van der Waals surface area contributed by atoms with Gasteiger partial charge in [0.15, 0.2) is 0 Å². The van der Waals surface area contributed by atoms with Crippen LogP contribution in [0.1, 0.15) is 37.8 Å². The Bertz CT molecular complexity index is 438. The van der Waals surface area contributed by atoms with Gasteiger partial charge in [0.2, 0.25) is 0 Å². The Kier molecular flexibility index (Phi) is 5.82. The molecular formula is C16H24ClFN2. The van der Waals surface area contributed by atoms with Crippen LogP contribution in [0.15, 0.2) is 18.2 Å². The summed E-state index contributed by atoms with van der Waals surface area (Å²) in [6, 6.07) is 5.01. The van der Waals surface area contributed by atoms with E-state index in [2.05, 4.69) is 24.2 Å². The highest BCUT2D eigenvalue weighted by molar-refractivity contribution is 6.30. The zero-order valence-electron chi connectivity index (χ0n) is 12.3. The largest absolute Gasteiger partial charge is 0.317 e. The molecule has 0 bridgehead atoms. The van der Waals surface area contributed by atoms with Gasteiger partial charge >= 0.3 is 0 Å². The zero-order chi connectivity index (χ0) is 14.5. The number of halogens is 2. The molecular weight excluding hydrogens is 275 g/mol. The number of benzene rings is 1. The van der Waals surface area contributed by atoms with Crippen molar-refractivity contribution >= 4 is 11.6 Å². The van der Waals surface area contributed by atoms with Crippen LogP contribution in [0.2, 0.25) is 5.02 Å². The van der Waals surface area contributed by atoms with Crippen LogP contribution in [0, 0.1) is 11.7 Å². The third-order valence-corrected chi connectivity index (χ3v) is 4.43. The lowest BCUT2D eigenvalue weighted by Crippen LogP contribution is -2.35. The van der Waals surface area contributed by atoms with Crippen molar-refractivity contribution in [3.05, 3.63) is 34.6 Å². The Morgan fingerprint density at radius 3 is 2.95 bits per heavy atom. The van der Waals surface area contributed by atoms with E-state index in [1.165, 1.54) is 18.9 Å². The molecule has 2 rings (SSSR count). The normalized spacial score (nSPS) is 24.6. The first-order chi connectivity index (χ1) is 9.63. The molecule has 1 N–H and O–H groups in total. The minimum absolute atomic E-state index is 0.107. The van der Waals surface area contributed by atoms with Gasteiger partial charge in [-0.1, -0.05) is 24.9 Å². The van der Waals surface area contributed by atoms with Crippen LogP contribution >= 0.6 is 11.6 Å². The van der Waals surface area contributed by atoms with Crippen molar-refractivity contribution in [3.63, 3.8) is 0 Å². The fraction of sp³-hybridized carbons (Fsp3) is 0.625. The van der Waals surface area contributed by atoms with E-state index in [9.17, 15) is 4.39 Å². The van der Waals surface area contributed by atoms with Gasteiger partial charge in [-0.2, -0.15) is 0 Å². The van der Waals surface area contributed by atoms with Gasteiger partial charge < -0.3 is 5.32 Å². The van der Waals surface area contributed by atoms with Crippen LogP contribution in [-0.4, -0.2) is 31.6 Å². The number of nitrogens with one attached hydrogen (secondary N) is 1. The maximum absolute atomic E-state index is 14.2. The molecule has 1 fully saturated rings. The average molecular weight is 299 g/mol. The molecule has 0 aromatic heterocycles. The van der Waals surface area contributed by atoms with Crippen molar-refractivity contribution in [2.45, 2.75) is 32.2 Å². The molecule has 0 radical (unpaired) electrons. The molecule has 0 aliphatic carbocycles. The van der Waals surface area contributed by atoms with Crippen molar-refractivity contribution < 1.29 is 4.39 Å². The second-order valence-electron chi connectivity index (χ2n) is 5.65. The van der Waals surface area contributed by atoms with Crippen molar-refractivity contribution in [2.24, 2.45) is 5.92 Å². The number of hydrogen-bond donors (Lipinski definition) is 1. The lowest BCUT2D eigenvalue weighted by Gasteiger charge is -2.33. The molecule has 1 saturated heterocycles. The molecule has 1 aromatic rings. The van der Waals surface area contributed by atoms with E-state index in [4.69, 9.17) is 11.6 Å². The Morgan fingerprint density at radius 1 is 1.40 bits per heavy atom. The van der Waals surface area contributed by atoms with E-state index in [1.54, 1.807) is 12.1 Å². The number of hydrogen-bond acceptors (Lipinski definition) is 2. The summed E-state index contributed by atoms with van der Waals surface area (Å²) >= 11 is 6.08. The lowest BCUT2D eigenvalue weighted by molar-refractivity contribution is 0.185. The molecule has 2 unspecified atom stereocenters. The summed E-state index contributed by atoms with van der Waals surface area (Å²) in [6.07, 6.45) is 3.52. The van der Waals surface area contributed by atoms with Crippen LogP contribution in [0.4, 0.5) is 4.39 Å². The zero-order valence-corrected chi connectivity index (χ0v) is 13.1. The lowest BCUT2D eigenvalue weighted by atomic mass is 9.89. The molecule has 1 aromatic carbocycles. The third-order valence-electron chi connectivity index (χ3n) is 4.19. The van der Waals surface area contributed by atoms with Crippen LogP contribution in [0.3, 0.4) is 0 Å². The standard InChI is InChI=1S/C16H24ClFN2/c1-3-19-11-12-6-4-5-9-20(2)16(12)14-10-13(17)7-8-15(14)18/h7-8,10,12,16,19H,3-6,9,11H2,1-2H3. The molecule has 2 atom stereocenters. The van der Waals surface area contributed by atoms with E-state index < -0.39 is 0 Å². The molecule has 2 nitrogen and oxygen atoms in total. The van der Waals surface area contributed by atoms with Gasteiger partial charge in [-0.25, -0.2) is 4.39 Å². The minimum Gasteiger partial charge on any atom is -0.317 e. The summed E-state index contributed by atoms with van der Waals surface area (Å²) in [5.74, 6) is 0.282. The van der Waals surface area contributed by atoms with E-state index in [0.29, 0.717) is 10.9 Å². The van der Waals surface area contributed by atoms with Crippen molar-refractivity contribution in [3.8, 4) is 0 Å². The molecule has 0 spiro atoms. The topological polar surface area (TPSA) is 15.3 Å².